The molecule has 2 unspecified atom stereocenters. The van der Waals surface area contributed by atoms with Crippen LogP contribution in [0, 0.1) is 12.3 Å². The molecule has 0 bridgehead atoms. The highest BCUT2D eigenvalue weighted by molar-refractivity contribution is 7.13. The fourth-order valence-corrected chi connectivity index (χ4v) is 4.56. The topological polar surface area (TPSA) is 88.3 Å². The van der Waals surface area contributed by atoms with E-state index in [-0.39, 0.29) is 23.3 Å². The van der Waals surface area contributed by atoms with Gasteiger partial charge in [0.1, 0.15) is 6.04 Å². The number of hydrogen-bond donors (Lipinski definition) is 2. The molecule has 6 nitrogen and oxygen atoms in total. The number of nitrogens with one attached hydrogen (secondary N) is 1. The summed E-state index contributed by atoms with van der Waals surface area (Å²) in [7, 11) is 0. The summed E-state index contributed by atoms with van der Waals surface area (Å²) in [5.41, 5.74) is 10.8. The molecule has 3 rings (SSSR count). The summed E-state index contributed by atoms with van der Waals surface area (Å²) in [5, 5.41) is 3.08. The van der Waals surface area contributed by atoms with Crippen LogP contribution in [0.1, 0.15) is 57.8 Å². The Morgan fingerprint density at radius 3 is 2.50 bits per heavy atom. The first-order valence-corrected chi connectivity index (χ1v) is 11.3. The van der Waals surface area contributed by atoms with Gasteiger partial charge in [-0.15, -0.1) is 11.3 Å². The van der Waals surface area contributed by atoms with Crippen molar-refractivity contribution in [1.82, 2.24) is 15.2 Å². The Labute approximate surface area is 182 Å². The average Bonchev–Trinajstić information content (AvgIpc) is 3.35. The second-order valence-electron chi connectivity index (χ2n) is 9.15. The van der Waals surface area contributed by atoms with Gasteiger partial charge in [0.05, 0.1) is 28.2 Å². The van der Waals surface area contributed by atoms with E-state index in [0.29, 0.717) is 13.0 Å². The van der Waals surface area contributed by atoms with E-state index in [4.69, 9.17) is 5.73 Å². The summed E-state index contributed by atoms with van der Waals surface area (Å²) in [5.74, 6) is -0.256. The SMILES string of the molecule is Cc1ncsc1-c1ccc(C(C)NC(=O)[C@@H]2CCCN2C(=O)C(N)C(C)(C)C)cc1. The molecule has 2 amide bonds. The van der Waals surface area contributed by atoms with E-state index in [0.717, 1.165) is 28.1 Å². The third kappa shape index (κ3) is 4.73. The Hall–Kier alpha value is -2.25. The first-order valence-electron chi connectivity index (χ1n) is 10.5. The van der Waals surface area contributed by atoms with Crippen molar-refractivity contribution in [2.75, 3.05) is 6.54 Å². The molecule has 0 radical (unpaired) electrons. The molecule has 0 spiro atoms. The number of rotatable bonds is 5. The van der Waals surface area contributed by atoms with Gasteiger partial charge in [0.25, 0.3) is 0 Å². The summed E-state index contributed by atoms with van der Waals surface area (Å²) in [6.07, 6.45) is 1.49. The minimum atomic E-state index is -0.619. The number of thiazole rings is 1. The van der Waals surface area contributed by atoms with E-state index in [9.17, 15) is 9.59 Å². The highest BCUT2D eigenvalue weighted by Gasteiger charge is 2.39. The van der Waals surface area contributed by atoms with E-state index < -0.39 is 12.1 Å². The van der Waals surface area contributed by atoms with Crippen LogP contribution in [0.4, 0.5) is 0 Å². The number of hydrogen-bond acceptors (Lipinski definition) is 5. The van der Waals surface area contributed by atoms with Gasteiger partial charge in [-0.25, -0.2) is 4.98 Å². The van der Waals surface area contributed by atoms with Gasteiger partial charge < -0.3 is 16.0 Å². The standard InChI is InChI=1S/C23H32N4O2S/c1-14(16-8-10-17(11-9-16)19-15(2)25-13-30-19)26-21(28)18-7-6-12-27(18)22(29)20(24)23(3,4)5/h8-11,13-14,18,20H,6-7,12,24H2,1-5H3,(H,26,28)/t14?,18-,20?/m0/s1. The maximum absolute atomic E-state index is 13.0. The Bertz CT molecular complexity index is 901. The molecule has 1 aromatic heterocycles. The van der Waals surface area contributed by atoms with Crippen molar-refractivity contribution in [3.8, 4) is 10.4 Å². The monoisotopic (exact) mass is 428 g/mol. The van der Waals surface area contributed by atoms with Crippen LogP contribution in [0.15, 0.2) is 29.8 Å². The van der Waals surface area contributed by atoms with Gasteiger partial charge in [-0.3, -0.25) is 9.59 Å². The van der Waals surface area contributed by atoms with Crippen molar-refractivity contribution in [3.63, 3.8) is 0 Å². The first kappa shape index (κ1) is 22.4. The van der Waals surface area contributed by atoms with Gasteiger partial charge in [-0.1, -0.05) is 45.0 Å². The molecular formula is C23H32N4O2S. The normalized spacial score (nSPS) is 18.9. The summed E-state index contributed by atoms with van der Waals surface area (Å²) >= 11 is 1.62. The van der Waals surface area contributed by atoms with Crippen LogP contribution in [0.5, 0.6) is 0 Å². The molecular weight excluding hydrogens is 396 g/mol. The van der Waals surface area contributed by atoms with E-state index in [1.165, 1.54) is 0 Å². The number of nitrogens with zero attached hydrogens (tertiary/aromatic N) is 2. The lowest BCUT2D eigenvalue weighted by Crippen LogP contribution is -2.55. The number of likely N-dealkylation sites (tertiary alicyclic amines) is 1. The van der Waals surface area contributed by atoms with E-state index >= 15 is 0 Å². The van der Waals surface area contributed by atoms with Crippen molar-refractivity contribution in [2.45, 2.75) is 65.6 Å². The van der Waals surface area contributed by atoms with E-state index in [1.54, 1.807) is 16.2 Å². The average molecular weight is 429 g/mol. The van der Waals surface area contributed by atoms with Crippen LogP contribution < -0.4 is 11.1 Å². The molecule has 1 fully saturated rings. The van der Waals surface area contributed by atoms with Crippen LogP contribution in [0.25, 0.3) is 10.4 Å². The molecule has 162 valence electrons. The van der Waals surface area contributed by atoms with Crippen molar-refractivity contribution < 1.29 is 9.59 Å². The van der Waals surface area contributed by atoms with Crippen molar-refractivity contribution >= 4 is 23.2 Å². The maximum Gasteiger partial charge on any atom is 0.243 e. The number of carbonyl (C=O) groups excluding carboxylic acids is 2. The number of nitrogens with two attached hydrogens (primary N) is 1. The van der Waals surface area contributed by atoms with Crippen molar-refractivity contribution in [1.29, 1.82) is 0 Å². The summed E-state index contributed by atoms with van der Waals surface area (Å²) in [6.45, 7) is 10.4. The molecule has 1 saturated heterocycles. The van der Waals surface area contributed by atoms with Gasteiger partial charge in [-0.2, -0.15) is 0 Å². The Balaban J connectivity index is 1.66. The van der Waals surface area contributed by atoms with E-state index in [2.05, 4.69) is 22.4 Å². The highest BCUT2D eigenvalue weighted by atomic mass is 32.1. The van der Waals surface area contributed by atoms with Gasteiger partial charge in [0.2, 0.25) is 11.8 Å². The zero-order valence-electron chi connectivity index (χ0n) is 18.4. The molecule has 1 aliphatic rings. The molecule has 3 atom stereocenters. The fraction of sp³-hybridized carbons (Fsp3) is 0.522. The summed E-state index contributed by atoms with van der Waals surface area (Å²) in [4.78, 5) is 32.9. The quantitative estimate of drug-likeness (QED) is 0.761. The molecule has 1 aliphatic heterocycles. The number of aromatic nitrogens is 1. The molecule has 7 heteroatoms. The largest absolute Gasteiger partial charge is 0.348 e. The van der Waals surface area contributed by atoms with Crippen LogP contribution in [-0.4, -0.2) is 40.3 Å². The number of amides is 2. The molecule has 2 aromatic rings. The molecule has 30 heavy (non-hydrogen) atoms. The van der Waals surface area contributed by atoms with E-state index in [1.807, 2.05) is 52.3 Å². The number of aryl methyl sites for hydroxylation is 1. The van der Waals surface area contributed by atoms with Gasteiger partial charge in [0, 0.05) is 6.54 Å². The summed E-state index contributed by atoms with van der Waals surface area (Å²) < 4.78 is 0. The lowest BCUT2D eigenvalue weighted by molar-refractivity contribution is -0.141. The Kier molecular flexibility index (Phi) is 6.62. The van der Waals surface area contributed by atoms with Crippen LogP contribution in [0.3, 0.4) is 0 Å². The third-order valence-corrected chi connectivity index (χ3v) is 6.79. The maximum atomic E-state index is 13.0. The fourth-order valence-electron chi connectivity index (χ4n) is 3.75. The van der Waals surface area contributed by atoms with Crippen LogP contribution in [0.2, 0.25) is 0 Å². The smallest absolute Gasteiger partial charge is 0.243 e. The zero-order chi connectivity index (χ0) is 22.1. The van der Waals surface area contributed by atoms with Crippen LogP contribution >= 0.6 is 11.3 Å². The molecule has 0 aliphatic carbocycles. The van der Waals surface area contributed by atoms with Crippen molar-refractivity contribution in [3.05, 3.63) is 41.0 Å². The first-order chi connectivity index (χ1) is 14.1. The van der Waals surface area contributed by atoms with Gasteiger partial charge in [0.15, 0.2) is 0 Å². The lowest BCUT2D eigenvalue weighted by Gasteiger charge is -2.33. The molecule has 2 heterocycles. The number of carbonyl (C=O) groups is 2. The predicted molar refractivity (Wildman–Crippen MR) is 121 cm³/mol. The third-order valence-electron chi connectivity index (χ3n) is 5.81. The van der Waals surface area contributed by atoms with Crippen LogP contribution in [-0.2, 0) is 9.59 Å². The van der Waals surface area contributed by atoms with Gasteiger partial charge >= 0.3 is 0 Å². The molecule has 3 N–H and O–H groups in total. The molecule has 0 saturated carbocycles. The summed E-state index contributed by atoms with van der Waals surface area (Å²) in [6, 6.07) is 6.97. The van der Waals surface area contributed by atoms with Gasteiger partial charge in [-0.05, 0) is 43.2 Å². The minimum Gasteiger partial charge on any atom is -0.348 e. The lowest BCUT2D eigenvalue weighted by atomic mass is 9.86. The minimum absolute atomic E-state index is 0.114. The Morgan fingerprint density at radius 1 is 1.27 bits per heavy atom. The predicted octanol–water partition coefficient (Wildman–Crippen LogP) is 3.66. The number of benzene rings is 1. The Morgan fingerprint density at radius 2 is 1.93 bits per heavy atom. The highest BCUT2D eigenvalue weighted by Crippen LogP contribution is 2.29. The second-order valence-corrected chi connectivity index (χ2v) is 10.0. The van der Waals surface area contributed by atoms with Crippen molar-refractivity contribution in [2.24, 2.45) is 11.1 Å². The molecule has 1 aromatic carbocycles. The second kappa shape index (κ2) is 8.86. The zero-order valence-corrected chi connectivity index (χ0v) is 19.3.